The van der Waals surface area contributed by atoms with E-state index in [1.54, 1.807) is 0 Å². The van der Waals surface area contributed by atoms with Crippen molar-refractivity contribution >= 4 is 11.9 Å². The van der Waals surface area contributed by atoms with Crippen LogP contribution < -0.4 is 5.32 Å². The summed E-state index contributed by atoms with van der Waals surface area (Å²) in [7, 11) is 0. The van der Waals surface area contributed by atoms with Crippen LogP contribution in [0, 0.1) is 0 Å². The number of amides is 1. The maximum absolute atomic E-state index is 13.2. The predicted octanol–water partition coefficient (Wildman–Crippen LogP) is 15.8. The van der Waals surface area contributed by atoms with Crippen LogP contribution in [-0.2, 0) is 14.3 Å². The highest BCUT2D eigenvalue weighted by Crippen LogP contribution is 2.17. The molecular formula is C56H99NO5. The van der Waals surface area contributed by atoms with Gasteiger partial charge in [-0.2, -0.15) is 0 Å². The number of allylic oxidation sites excluding steroid dienone is 12. The van der Waals surface area contributed by atoms with E-state index < -0.39 is 18.2 Å². The minimum Gasteiger partial charge on any atom is -0.462 e. The number of carbonyl (C=O) groups is 2. The van der Waals surface area contributed by atoms with Crippen LogP contribution in [-0.4, -0.2) is 46.9 Å². The number of hydrogen-bond donors (Lipinski definition) is 3. The molecule has 1 amide bonds. The number of carbonyl (C=O) groups excluding carboxylic acids is 2. The molecule has 6 heteroatoms. The van der Waals surface area contributed by atoms with Crippen molar-refractivity contribution in [3.63, 3.8) is 0 Å². The average molecular weight is 866 g/mol. The molecule has 0 aliphatic rings. The van der Waals surface area contributed by atoms with Gasteiger partial charge in [0.1, 0.15) is 6.10 Å². The summed E-state index contributed by atoms with van der Waals surface area (Å²) in [5.41, 5.74) is 0. The summed E-state index contributed by atoms with van der Waals surface area (Å²) >= 11 is 0. The predicted molar refractivity (Wildman–Crippen MR) is 268 cm³/mol. The van der Waals surface area contributed by atoms with Gasteiger partial charge in [0, 0.05) is 6.42 Å². The maximum atomic E-state index is 13.2. The van der Waals surface area contributed by atoms with Gasteiger partial charge >= 0.3 is 5.97 Å². The molecule has 3 unspecified atom stereocenters. The highest BCUT2D eigenvalue weighted by Gasteiger charge is 2.24. The van der Waals surface area contributed by atoms with Crippen LogP contribution in [0.3, 0.4) is 0 Å². The van der Waals surface area contributed by atoms with Crippen LogP contribution in [0.15, 0.2) is 72.9 Å². The molecule has 0 aromatic carbocycles. The number of aliphatic hydroxyl groups excluding tert-OH is 2. The van der Waals surface area contributed by atoms with Crippen molar-refractivity contribution in [1.29, 1.82) is 0 Å². The number of hydrogen-bond acceptors (Lipinski definition) is 5. The standard InChI is InChI=1S/C56H99NO5/c1-4-7-10-13-16-19-22-24-25-26-27-28-29-31-34-37-40-43-46-49-56(61)62-52(47-44-41-38-35-32-21-18-15-12-9-6-3)50-55(60)57-53(51-58)54(59)48-45-42-39-36-33-30-23-20-17-14-11-8-5-2/h7,10,16,19,24-25,27-28,31,34-35,38,52-54,58-59H,4-6,8-9,11-15,17-18,20-23,26,29-30,32-33,36-37,39-51H2,1-3H3,(H,57,60)/b10-7-,19-16-,25-24-,28-27-,34-31-,38-35-. The van der Waals surface area contributed by atoms with Crippen LogP contribution in [0.25, 0.3) is 0 Å². The third-order valence-corrected chi connectivity index (χ3v) is 11.5. The van der Waals surface area contributed by atoms with Gasteiger partial charge in [0.2, 0.25) is 5.91 Å². The fourth-order valence-corrected chi connectivity index (χ4v) is 7.57. The number of unbranched alkanes of at least 4 members (excludes halogenated alkanes) is 22. The zero-order valence-corrected chi connectivity index (χ0v) is 40.7. The normalized spacial score (nSPS) is 13.8. The van der Waals surface area contributed by atoms with E-state index in [4.69, 9.17) is 4.74 Å². The lowest BCUT2D eigenvalue weighted by molar-refractivity contribution is -0.151. The summed E-state index contributed by atoms with van der Waals surface area (Å²) in [5.74, 6) is -0.542. The first-order valence-corrected chi connectivity index (χ1v) is 26.2. The van der Waals surface area contributed by atoms with Crippen molar-refractivity contribution < 1.29 is 24.5 Å². The summed E-state index contributed by atoms with van der Waals surface area (Å²) < 4.78 is 5.90. The summed E-state index contributed by atoms with van der Waals surface area (Å²) in [6.07, 6.45) is 62.5. The third-order valence-electron chi connectivity index (χ3n) is 11.5. The Bertz CT molecular complexity index is 1150. The van der Waals surface area contributed by atoms with E-state index in [0.717, 1.165) is 96.3 Å². The van der Waals surface area contributed by atoms with Crippen LogP contribution in [0.4, 0.5) is 0 Å². The number of esters is 1. The van der Waals surface area contributed by atoms with Crippen LogP contribution in [0.1, 0.15) is 245 Å². The summed E-state index contributed by atoms with van der Waals surface area (Å²) in [4.78, 5) is 26.1. The van der Waals surface area contributed by atoms with Crippen molar-refractivity contribution in [2.45, 2.75) is 264 Å². The van der Waals surface area contributed by atoms with Gasteiger partial charge in [0.25, 0.3) is 0 Å². The Morgan fingerprint density at radius 2 is 0.887 bits per heavy atom. The second-order valence-electron chi connectivity index (χ2n) is 17.5. The Hall–Kier alpha value is -2.70. The number of nitrogens with one attached hydrogen (secondary N) is 1. The minimum atomic E-state index is -0.802. The van der Waals surface area contributed by atoms with Gasteiger partial charge in [-0.1, -0.05) is 216 Å². The maximum Gasteiger partial charge on any atom is 0.306 e. The monoisotopic (exact) mass is 866 g/mol. The molecule has 3 atom stereocenters. The van der Waals surface area contributed by atoms with Gasteiger partial charge in [0.05, 0.1) is 25.2 Å². The molecule has 358 valence electrons. The second kappa shape index (κ2) is 49.3. The molecule has 0 bridgehead atoms. The molecule has 0 saturated carbocycles. The second-order valence-corrected chi connectivity index (χ2v) is 17.5. The third kappa shape index (κ3) is 43.9. The Morgan fingerprint density at radius 1 is 0.484 bits per heavy atom. The first-order valence-electron chi connectivity index (χ1n) is 26.2. The SMILES string of the molecule is CC/C=C\C/C=C\C/C=C\C/C=C\C/C=C\CCCCCC(=O)OC(CCC/C=C\CCCCCCCC)CC(=O)NC(CO)C(O)CCCCCCCCCCCCCCC. The van der Waals surface area contributed by atoms with Gasteiger partial charge in [-0.15, -0.1) is 0 Å². The summed E-state index contributed by atoms with van der Waals surface area (Å²) in [5, 5.41) is 23.7. The molecule has 0 spiro atoms. The largest absolute Gasteiger partial charge is 0.462 e. The molecular weight excluding hydrogens is 767 g/mol. The topological polar surface area (TPSA) is 95.9 Å². The van der Waals surface area contributed by atoms with Gasteiger partial charge in [-0.3, -0.25) is 9.59 Å². The van der Waals surface area contributed by atoms with Crippen molar-refractivity contribution in [2.75, 3.05) is 6.61 Å². The van der Waals surface area contributed by atoms with Gasteiger partial charge in [-0.25, -0.2) is 0 Å². The number of rotatable bonds is 46. The molecule has 0 aromatic heterocycles. The molecule has 0 saturated heterocycles. The average Bonchev–Trinajstić information content (AvgIpc) is 3.26. The summed E-state index contributed by atoms with van der Waals surface area (Å²) in [6, 6.07) is -0.718. The van der Waals surface area contributed by atoms with E-state index in [2.05, 4.69) is 99.0 Å². The molecule has 0 radical (unpaired) electrons. The highest BCUT2D eigenvalue weighted by atomic mass is 16.5. The molecule has 0 fully saturated rings. The van der Waals surface area contributed by atoms with E-state index in [9.17, 15) is 19.8 Å². The first-order chi connectivity index (χ1) is 30.5. The van der Waals surface area contributed by atoms with Gasteiger partial charge < -0.3 is 20.3 Å². The minimum absolute atomic E-state index is 0.0409. The van der Waals surface area contributed by atoms with Crippen molar-refractivity contribution in [3.8, 4) is 0 Å². The molecule has 0 aliphatic heterocycles. The van der Waals surface area contributed by atoms with Crippen LogP contribution in [0.5, 0.6) is 0 Å². The Morgan fingerprint density at radius 3 is 1.37 bits per heavy atom. The van der Waals surface area contributed by atoms with E-state index in [1.165, 1.54) is 103 Å². The number of ether oxygens (including phenoxy) is 1. The molecule has 62 heavy (non-hydrogen) atoms. The Balaban J connectivity index is 4.61. The van der Waals surface area contributed by atoms with E-state index >= 15 is 0 Å². The van der Waals surface area contributed by atoms with E-state index in [-0.39, 0.29) is 24.9 Å². The Labute approximate surface area is 383 Å². The van der Waals surface area contributed by atoms with E-state index in [1.807, 2.05) is 0 Å². The smallest absolute Gasteiger partial charge is 0.306 e. The molecule has 0 rings (SSSR count). The van der Waals surface area contributed by atoms with Crippen molar-refractivity contribution in [2.24, 2.45) is 0 Å². The molecule has 0 aliphatic carbocycles. The highest BCUT2D eigenvalue weighted by molar-refractivity contribution is 5.77. The molecule has 0 heterocycles. The lowest BCUT2D eigenvalue weighted by Gasteiger charge is -2.24. The van der Waals surface area contributed by atoms with Crippen LogP contribution in [0.2, 0.25) is 0 Å². The molecule has 6 nitrogen and oxygen atoms in total. The molecule has 3 N–H and O–H groups in total. The quantitative estimate of drug-likeness (QED) is 0.0322. The Kier molecular flexibility index (Phi) is 47.2. The first kappa shape index (κ1) is 59.3. The molecule has 0 aromatic rings. The zero-order valence-electron chi connectivity index (χ0n) is 40.7. The van der Waals surface area contributed by atoms with Crippen molar-refractivity contribution in [1.82, 2.24) is 5.32 Å². The summed E-state index contributed by atoms with van der Waals surface area (Å²) in [6.45, 7) is 6.34. The van der Waals surface area contributed by atoms with E-state index in [0.29, 0.717) is 19.3 Å². The lowest BCUT2D eigenvalue weighted by Crippen LogP contribution is -2.46. The van der Waals surface area contributed by atoms with Gasteiger partial charge in [-0.05, 0) is 89.9 Å². The fourth-order valence-electron chi connectivity index (χ4n) is 7.57. The van der Waals surface area contributed by atoms with Crippen molar-refractivity contribution in [3.05, 3.63) is 72.9 Å². The fraction of sp³-hybridized carbons (Fsp3) is 0.750. The van der Waals surface area contributed by atoms with Crippen LogP contribution >= 0.6 is 0 Å². The lowest BCUT2D eigenvalue weighted by atomic mass is 10.0. The number of aliphatic hydroxyl groups is 2. The zero-order chi connectivity index (χ0) is 45.2. The van der Waals surface area contributed by atoms with Gasteiger partial charge in [0.15, 0.2) is 0 Å².